The van der Waals surface area contributed by atoms with E-state index >= 15 is 0 Å². The number of likely N-dealkylation sites (tertiary alicyclic amines) is 1. The van der Waals surface area contributed by atoms with Crippen molar-refractivity contribution >= 4 is 5.91 Å². The number of nitrogens with zero attached hydrogens (tertiary/aromatic N) is 1. The molecule has 126 valence electrons. The molecule has 2 atom stereocenters. The highest BCUT2D eigenvalue weighted by Gasteiger charge is 2.33. The minimum absolute atomic E-state index is 0.00901. The van der Waals surface area contributed by atoms with Gasteiger partial charge in [-0.3, -0.25) is 9.69 Å². The summed E-state index contributed by atoms with van der Waals surface area (Å²) in [5, 5.41) is 12.6. The Morgan fingerprint density at radius 3 is 2.75 bits per heavy atom. The average Bonchev–Trinajstić information content (AvgIpc) is 2.89. The molecule has 2 aromatic rings. The smallest absolute Gasteiger partial charge is 0.224 e. The van der Waals surface area contributed by atoms with Gasteiger partial charge in [0.05, 0.1) is 12.5 Å². The van der Waals surface area contributed by atoms with Crippen LogP contribution in [0.2, 0.25) is 0 Å². The van der Waals surface area contributed by atoms with Crippen LogP contribution in [0.3, 0.4) is 0 Å². The molecule has 5 heteroatoms. The van der Waals surface area contributed by atoms with Crippen molar-refractivity contribution in [2.45, 2.75) is 24.9 Å². The van der Waals surface area contributed by atoms with Crippen molar-refractivity contribution in [3.8, 4) is 5.75 Å². The molecular weight excluding hydrogens is 307 g/mol. The molecule has 2 N–H and O–H groups in total. The number of carbonyl (C=O) groups is 1. The summed E-state index contributed by atoms with van der Waals surface area (Å²) < 4.78 is 13.1. The number of phenolic OH excluding ortho intramolecular Hbond substituents is 1. The Kier molecular flexibility index (Phi) is 4.81. The van der Waals surface area contributed by atoms with Gasteiger partial charge in [-0.2, -0.15) is 0 Å². The van der Waals surface area contributed by atoms with E-state index < -0.39 is 0 Å². The van der Waals surface area contributed by atoms with E-state index in [-0.39, 0.29) is 36.0 Å². The van der Waals surface area contributed by atoms with Gasteiger partial charge in [-0.1, -0.05) is 24.3 Å². The molecule has 0 aromatic heterocycles. The van der Waals surface area contributed by atoms with Crippen LogP contribution < -0.4 is 5.32 Å². The summed E-state index contributed by atoms with van der Waals surface area (Å²) in [6, 6.07) is 13.2. The number of aromatic hydroxyl groups is 1. The molecule has 0 saturated carbocycles. The third-order valence-electron chi connectivity index (χ3n) is 4.48. The van der Waals surface area contributed by atoms with Crippen LogP contribution in [0.4, 0.5) is 4.39 Å². The number of hydrogen-bond acceptors (Lipinski definition) is 3. The van der Waals surface area contributed by atoms with Crippen LogP contribution in [0, 0.1) is 5.82 Å². The molecule has 0 radical (unpaired) electrons. The van der Waals surface area contributed by atoms with Gasteiger partial charge in [0.1, 0.15) is 11.6 Å². The summed E-state index contributed by atoms with van der Waals surface area (Å²) in [4.78, 5) is 14.5. The van der Waals surface area contributed by atoms with Gasteiger partial charge in [-0.05, 0) is 48.9 Å². The van der Waals surface area contributed by atoms with Crippen LogP contribution in [-0.4, -0.2) is 35.5 Å². The van der Waals surface area contributed by atoms with Crippen LogP contribution in [0.5, 0.6) is 5.75 Å². The van der Waals surface area contributed by atoms with Crippen LogP contribution in [0.25, 0.3) is 0 Å². The zero-order valence-electron chi connectivity index (χ0n) is 13.6. The fourth-order valence-corrected chi connectivity index (χ4v) is 3.35. The lowest BCUT2D eigenvalue weighted by atomic mass is 9.99. The van der Waals surface area contributed by atoms with Gasteiger partial charge in [0.15, 0.2) is 0 Å². The molecule has 24 heavy (non-hydrogen) atoms. The summed E-state index contributed by atoms with van der Waals surface area (Å²) in [7, 11) is 2.01. The molecule has 1 fully saturated rings. The van der Waals surface area contributed by atoms with Gasteiger partial charge in [-0.25, -0.2) is 4.39 Å². The molecule has 1 saturated heterocycles. The van der Waals surface area contributed by atoms with Crippen LogP contribution >= 0.6 is 0 Å². The molecule has 1 heterocycles. The second-order valence-corrected chi connectivity index (χ2v) is 6.29. The summed E-state index contributed by atoms with van der Waals surface area (Å²) in [6.07, 6.45) is 1.08. The van der Waals surface area contributed by atoms with E-state index in [2.05, 4.69) is 10.2 Å². The molecular formula is C19H21FN2O2. The minimum atomic E-state index is -0.260. The second kappa shape index (κ2) is 7.01. The number of nitrogens with one attached hydrogen (secondary N) is 1. The third-order valence-corrected chi connectivity index (χ3v) is 4.48. The van der Waals surface area contributed by atoms with Gasteiger partial charge in [-0.15, -0.1) is 0 Å². The highest BCUT2D eigenvalue weighted by Crippen LogP contribution is 2.31. The molecule has 4 nitrogen and oxygen atoms in total. The van der Waals surface area contributed by atoms with Crippen molar-refractivity contribution < 1.29 is 14.3 Å². The van der Waals surface area contributed by atoms with Crippen molar-refractivity contribution in [2.24, 2.45) is 0 Å². The average molecular weight is 328 g/mol. The van der Waals surface area contributed by atoms with Crippen molar-refractivity contribution in [2.75, 3.05) is 13.6 Å². The number of hydrogen-bond donors (Lipinski definition) is 2. The van der Waals surface area contributed by atoms with Crippen LogP contribution in [0.15, 0.2) is 48.5 Å². The highest BCUT2D eigenvalue weighted by molar-refractivity contribution is 5.79. The Labute approximate surface area is 140 Å². The topological polar surface area (TPSA) is 52.6 Å². The zero-order valence-corrected chi connectivity index (χ0v) is 13.6. The van der Waals surface area contributed by atoms with Gasteiger partial charge in [0.2, 0.25) is 5.91 Å². The number of likely N-dealkylation sites (N-methyl/N-ethyl adjacent to an activating group) is 1. The molecule has 2 aromatic carbocycles. The van der Waals surface area contributed by atoms with Crippen molar-refractivity contribution in [1.29, 1.82) is 0 Å². The predicted molar refractivity (Wildman–Crippen MR) is 90.1 cm³/mol. The second-order valence-electron chi connectivity index (χ2n) is 6.29. The van der Waals surface area contributed by atoms with Gasteiger partial charge >= 0.3 is 0 Å². The first-order valence-corrected chi connectivity index (χ1v) is 8.06. The summed E-state index contributed by atoms with van der Waals surface area (Å²) in [5.41, 5.74) is 1.77. The molecule has 1 aliphatic rings. The predicted octanol–water partition coefficient (Wildman–Crippen LogP) is 2.64. The number of amides is 1. The molecule has 0 aliphatic carbocycles. The molecule has 1 amide bonds. The van der Waals surface area contributed by atoms with Crippen molar-refractivity contribution in [1.82, 2.24) is 10.2 Å². The Balaban J connectivity index is 1.68. The van der Waals surface area contributed by atoms with E-state index in [0.29, 0.717) is 0 Å². The Hall–Kier alpha value is -2.40. The van der Waals surface area contributed by atoms with Gasteiger partial charge in [0, 0.05) is 12.6 Å². The van der Waals surface area contributed by atoms with E-state index in [1.54, 1.807) is 30.3 Å². The maximum Gasteiger partial charge on any atom is 0.224 e. The Morgan fingerprint density at radius 2 is 2.04 bits per heavy atom. The largest absolute Gasteiger partial charge is 0.508 e. The van der Waals surface area contributed by atoms with E-state index in [1.165, 1.54) is 12.1 Å². The van der Waals surface area contributed by atoms with E-state index in [1.807, 2.05) is 13.1 Å². The molecule has 1 aliphatic heterocycles. The first-order chi connectivity index (χ1) is 11.5. The molecule has 0 bridgehead atoms. The number of carbonyl (C=O) groups excluding carboxylic acids is 1. The normalized spacial score (nSPS) is 20.9. The lowest BCUT2D eigenvalue weighted by Gasteiger charge is -2.26. The molecule has 0 unspecified atom stereocenters. The fraction of sp³-hybridized carbons (Fsp3) is 0.316. The standard InChI is InChI=1S/C19H21FN2O2/c1-22-10-9-17(19(22)14-5-7-15(20)8-6-14)21-18(24)12-13-3-2-4-16(23)11-13/h2-8,11,17,19,23H,9-10,12H2,1H3,(H,21,24)/t17-,19-/m1/s1. The number of phenols is 1. The number of halogens is 1. The van der Waals surface area contributed by atoms with Gasteiger partial charge in [0.25, 0.3) is 0 Å². The fourth-order valence-electron chi connectivity index (χ4n) is 3.35. The summed E-state index contributed by atoms with van der Waals surface area (Å²) in [5.74, 6) is -0.179. The lowest BCUT2D eigenvalue weighted by molar-refractivity contribution is -0.121. The quantitative estimate of drug-likeness (QED) is 0.907. The zero-order chi connectivity index (χ0) is 17.1. The lowest BCUT2D eigenvalue weighted by Crippen LogP contribution is -2.39. The summed E-state index contributed by atoms with van der Waals surface area (Å²) in [6.45, 7) is 0.874. The maximum atomic E-state index is 13.1. The molecule has 3 rings (SSSR count). The SMILES string of the molecule is CN1CC[C@@H](NC(=O)Cc2cccc(O)c2)[C@H]1c1ccc(F)cc1. The Morgan fingerprint density at radius 1 is 1.29 bits per heavy atom. The monoisotopic (exact) mass is 328 g/mol. The van der Waals surface area contributed by atoms with E-state index in [9.17, 15) is 14.3 Å². The van der Waals surface area contributed by atoms with Crippen LogP contribution in [-0.2, 0) is 11.2 Å². The molecule has 0 spiro atoms. The minimum Gasteiger partial charge on any atom is -0.508 e. The Bertz CT molecular complexity index is 718. The number of benzene rings is 2. The van der Waals surface area contributed by atoms with E-state index in [4.69, 9.17) is 0 Å². The van der Waals surface area contributed by atoms with E-state index in [0.717, 1.165) is 24.1 Å². The van der Waals surface area contributed by atoms with Crippen LogP contribution in [0.1, 0.15) is 23.6 Å². The third kappa shape index (κ3) is 3.74. The first-order valence-electron chi connectivity index (χ1n) is 8.06. The summed E-state index contributed by atoms with van der Waals surface area (Å²) >= 11 is 0. The van der Waals surface area contributed by atoms with Gasteiger partial charge < -0.3 is 10.4 Å². The van der Waals surface area contributed by atoms with Crippen molar-refractivity contribution in [3.05, 3.63) is 65.5 Å². The maximum absolute atomic E-state index is 13.1. The number of rotatable bonds is 4. The first kappa shape index (κ1) is 16.5. The van der Waals surface area contributed by atoms with Crippen molar-refractivity contribution in [3.63, 3.8) is 0 Å². The highest BCUT2D eigenvalue weighted by atomic mass is 19.1.